The van der Waals surface area contributed by atoms with Crippen molar-refractivity contribution in [2.75, 3.05) is 27.7 Å². The van der Waals surface area contributed by atoms with Crippen LogP contribution in [-0.4, -0.2) is 49.7 Å². The maximum atomic E-state index is 9.86. The summed E-state index contributed by atoms with van der Waals surface area (Å²) in [5, 5.41) is 7.89. The molecule has 72 valence electrons. The van der Waals surface area contributed by atoms with Crippen molar-refractivity contribution in [2.24, 2.45) is 0 Å². The standard InChI is InChI=1S/C4H6O4.C3H9N/c1-3(5)8-2-4(6)7;1-4(2)3/h2H2,1H3,(H,6,7);1-3H3. The molecule has 0 heterocycles. The summed E-state index contributed by atoms with van der Waals surface area (Å²) >= 11 is 0. The van der Waals surface area contributed by atoms with Crippen LogP contribution in [0.5, 0.6) is 0 Å². The van der Waals surface area contributed by atoms with Gasteiger partial charge in [0.05, 0.1) is 0 Å². The van der Waals surface area contributed by atoms with E-state index in [1.165, 1.54) is 0 Å². The molecule has 0 atom stereocenters. The van der Waals surface area contributed by atoms with E-state index in [2.05, 4.69) is 4.74 Å². The molecule has 1 N–H and O–H groups in total. The number of carboxylic acid groups (broad SMARTS) is 1. The van der Waals surface area contributed by atoms with Crippen molar-refractivity contribution in [3.8, 4) is 0 Å². The number of nitrogens with zero attached hydrogens (tertiary/aromatic N) is 1. The second-order valence-electron chi connectivity index (χ2n) is 2.52. The fourth-order valence-corrected chi connectivity index (χ4v) is 0.163. The minimum atomic E-state index is -1.14. The van der Waals surface area contributed by atoms with Crippen molar-refractivity contribution in [1.29, 1.82) is 0 Å². The van der Waals surface area contributed by atoms with Gasteiger partial charge in [0, 0.05) is 6.92 Å². The van der Waals surface area contributed by atoms with Crippen LogP contribution in [0.2, 0.25) is 0 Å². The Morgan fingerprint density at radius 2 is 1.67 bits per heavy atom. The van der Waals surface area contributed by atoms with Crippen molar-refractivity contribution in [2.45, 2.75) is 6.92 Å². The molecule has 0 bridgehead atoms. The summed E-state index contributed by atoms with van der Waals surface area (Å²) in [4.78, 5) is 21.5. The van der Waals surface area contributed by atoms with Gasteiger partial charge in [-0.15, -0.1) is 0 Å². The highest BCUT2D eigenvalue weighted by Gasteiger charge is 1.97. The molecule has 0 unspecified atom stereocenters. The second kappa shape index (κ2) is 8.00. The monoisotopic (exact) mass is 177 g/mol. The Morgan fingerprint density at radius 3 is 1.75 bits per heavy atom. The van der Waals surface area contributed by atoms with E-state index < -0.39 is 18.5 Å². The first-order valence-electron chi connectivity index (χ1n) is 3.32. The molecular formula is C7H15NO4. The molecule has 0 aromatic carbocycles. The van der Waals surface area contributed by atoms with Gasteiger partial charge in [0.25, 0.3) is 0 Å². The predicted octanol–water partition coefficient (Wildman–Crippen LogP) is -0.188. The lowest BCUT2D eigenvalue weighted by atomic mass is 10.7. The summed E-state index contributed by atoms with van der Waals surface area (Å²) in [5.74, 6) is -1.72. The van der Waals surface area contributed by atoms with E-state index in [4.69, 9.17) is 5.11 Å². The molecule has 0 amide bonds. The molecule has 0 aliphatic heterocycles. The smallest absolute Gasteiger partial charge is 0.341 e. The molecular weight excluding hydrogens is 162 g/mol. The van der Waals surface area contributed by atoms with Gasteiger partial charge in [-0.1, -0.05) is 0 Å². The molecule has 0 radical (unpaired) electrons. The lowest BCUT2D eigenvalue weighted by Gasteiger charge is -1.92. The SMILES string of the molecule is CC(=O)OCC(=O)O.CN(C)C. The summed E-state index contributed by atoms with van der Waals surface area (Å²) in [6, 6.07) is 0. The van der Waals surface area contributed by atoms with Crippen molar-refractivity contribution < 1.29 is 19.4 Å². The highest BCUT2D eigenvalue weighted by Crippen LogP contribution is 1.73. The number of hydrogen-bond donors (Lipinski definition) is 1. The van der Waals surface area contributed by atoms with E-state index in [1.54, 1.807) is 0 Å². The van der Waals surface area contributed by atoms with Crippen LogP contribution in [-0.2, 0) is 14.3 Å². The van der Waals surface area contributed by atoms with Crippen LogP contribution in [0.3, 0.4) is 0 Å². The molecule has 0 saturated heterocycles. The van der Waals surface area contributed by atoms with E-state index in [1.807, 2.05) is 26.0 Å². The zero-order chi connectivity index (χ0) is 10.1. The van der Waals surface area contributed by atoms with Crippen LogP contribution in [0.25, 0.3) is 0 Å². The molecule has 0 saturated carbocycles. The number of rotatable bonds is 2. The van der Waals surface area contributed by atoms with Crippen LogP contribution in [0, 0.1) is 0 Å². The Bertz CT molecular complexity index is 128. The Labute approximate surface area is 71.9 Å². The minimum Gasteiger partial charge on any atom is -0.479 e. The van der Waals surface area contributed by atoms with E-state index in [9.17, 15) is 9.59 Å². The normalized spacial score (nSPS) is 8.42. The Morgan fingerprint density at radius 1 is 1.33 bits per heavy atom. The predicted molar refractivity (Wildman–Crippen MR) is 43.9 cm³/mol. The fourth-order valence-electron chi connectivity index (χ4n) is 0.163. The van der Waals surface area contributed by atoms with E-state index in [-0.39, 0.29) is 0 Å². The molecule has 5 heteroatoms. The molecule has 12 heavy (non-hydrogen) atoms. The van der Waals surface area contributed by atoms with Crippen molar-refractivity contribution in [3.63, 3.8) is 0 Å². The summed E-state index contributed by atoms with van der Waals surface area (Å²) in [5.41, 5.74) is 0. The average Bonchev–Trinajstić information content (AvgIpc) is 1.82. The molecule has 0 aromatic rings. The summed E-state index contributed by atoms with van der Waals surface area (Å²) in [6.07, 6.45) is 0. The maximum absolute atomic E-state index is 9.86. The Hall–Kier alpha value is -1.10. The third-order valence-corrected chi connectivity index (χ3v) is 0.399. The summed E-state index contributed by atoms with van der Waals surface area (Å²) in [7, 11) is 6.00. The Balaban J connectivity index is 0. The van der Waals surface area contributed by atoms with Gasteiger partial charge in [0.2, 0.25) is 0 Å². The number of carbonyl (C=O) groups excluding carboxylic acids is 1. The first kappa shape index (κ1) is 13.5. The first-order chi connectivity index (χ1) is 5.36. The molecule has 5 nitrogen and oxygen atoms in total. The fraction of sp³-hybridized carbons (Fsp3) is 0.714. The molecule has 0 rings (SSSR count). The van der Waals surface area contributed by atoms with Gasteiger partial charge in [0.15, 0.2) is 6.61 Å². The maximum Gasteiger partial charge on any atom is 0.341 e. The first-order valence-corrected chi connectivity index (χ1v) is 3.32. The average molecular weight is 177 g/mol. The number of carboxylic acids is 1. The minimum absolute atomic E-state index is 0.546. The van der Waals surface area contributed by atoms with Crippen molar-refractivity contribution in [3.05, 3.63) is 0 Å². The topological polar surface area (TPSA) is 66.8 Å². The lowest BCUT2D eigenvalue weighted by Crippen LogP contribution is -2.09. The van der Waals surface area contributed by atoms with Crippen molar-refractivity contribution >= 4 is 11.9 Å². The van der Waals surface area contributed by atoms with Crippen LogP contribution < -0.4 is 0 Å². The highest BCUT2D eigenvalue weighted by molar-refractivity contribution is 5.73. The summed E-state index contributed by atoms with van der Waals surface area (Å²) in [6.45, 7) is 0.609. The second-order valence-corrected chi connectivity index (χ2v) is 2.52. The molecule has 0 aromatic heterocycles. The van der Waals surface area contributed by atoms with E-state index >= 15 is 0 Å². The number of esters is 1. The zero-order valence-corrected chi connectivity index (χ0v) is 7.83. The van der Waals surface area contributed by atoms with E-state index in [0.29, 0.717) is 0 Å². The van der Waals surface area contributed by atoms with Crippen LogP contribution >= 0.6 is 0 Å². The molecule has 0 aliphatic rings. The van der Waals surface area contributed by atoms with Crippen LogP contribution in [0.4, 0.5) is 0 Å². The lowest BCUT2D eigenvalue weighted by molar-refractivity contribution is -0.153. The number of ether oxygens (including phenoxy) is 1. The molecule has 0 fully saturated rings. The van der Waals surface area contributed by atoms with Gasteiger partial charge in [0.1, 0.15) is 0 Å². The molecule has 0 aliphatic carbocycles. The number of hydrogen-bond acceptors (Lipinski definition) is 4. The Kier molecular flexibility index (Phi) is 8.99. The van der Waals surface area contributed by atoms with Gasteiger partial charge >= 0.3 is 11.9 Å². The highest BCUT2D eigenvalue weighted by atomic mass is 16.5. The number of aliphatic carboxylic acids is 1. The van der Waals surface area contributed by atoms with Crippen LogP contribution in [0.1, 0.15) is 6.92 Å². The van der Waals surface area contributed by atoms with Gasteiger partial charge < -0.3 is 14.7 Å². The quantitative estimate of drug-likeness (QED) is 0.592. The van der Waals surface area contributed by atoms with Gasteiger partial charge in [-0.05, 0) is 21.1 Å². The summed E-state index contributed by atoms with van der Waals surface area (Å²) < 4.78 is 4.06. The van der Waals surface area contributed by atoms with Crippen LogP contribution in [0.15, 0.2) is 0 Å². The molecule has 0 spiro atoms. The third-order valence-electron chi connectivity index (χ3n) is 0.399. The third kappa shape index (κ3) is 36.5. The van der Waals surface area contributed by atoms with Gasteiger partial charge in [-0.3, -0.25) is 4.79 Å². The number of carbonyl (C=O) groups is 2. The van der Waals surface area contributed by atoms with Crippen molar-refractivity contribution in [1.82, 2.24) is 4.90 Å². The van der Waals surface area contributed by atoms with Gasteiger partial charge in [-0.2, -0.15) is 0 Å². The largest absolute Gasteiger partial charge is 0.479 e. The zero-order valence-electron chi connectivity index (χ0n) is 7.83. The van der Waals surface area contributed by atoms with Gasteiger partial charge in [-0.25, -0.2) is 4.79 Å². The van der Waals surface area contributed by atoms with E-state index in [0.717, 1.165) is 6.92 Å².